The average molecular weight is 257 g/mol. The third-order valence-corrected chi connectivity index (χ3v) is 4.32. The van der Waals surface area contributed by atoms with Crippen LogP contribution in [0.2, 0.25) is 0 Å². The number of nitrogens with zero attached hydrogens (tertiary/aromatic N) is 1. The quantitative estimate of drug-likeness (QED) is 0.905. The fourth-order valence-electron chi connectivity index (χ4n) is 2.87. The summed E-state index contributed by atoms with van der Waals surface area (Å²) in [6.07, 6.45) is 3.33. The van der Waals surface area contributed by atoms with Crippen molar-refractivity contribution in [1.82, 2.24) is 0 Å². The van der Waals surface area contributed by atoms with Gasteiger partial charge in [-0.3, -0.25) is 0 Å². The van der Waals surface area contributed by atoms with Crippen molar-refractivity contribution in [2.24, 2.45) is 5.41 Å². The molecule has 1 aliphatic carbocycles. The van der Waals surface area contributed by atoms with E-state index in [0.717, 1.165) is 12.0 Å². The Morgan fingerprint density at radius 1 is 1.32 bits per heavy atom. The van der Waals surface area contributed by atoms with Crippen molar-refractivity contribution < 1.29 is 9.84 Å². The van der Waals surface area contributed by atoms with E-state index < -0.39 is 11.5 Å². The van der Waals surface area contributed by atoms with E-state index >= 15 is 0 Å². The molecular formula is C16H19NO2. The zero-order chi connectivity index (χ0) is 13.3. The molecule has 3 rings (SSSR count). The van der Waals surface area contributed by atoms with Gasteiger partial charge < -0.3 is 9.84 Å². The Morgan fingerprint density at radius 3 is 2.58 bits per heavy atom. The van der Waals surface area contributed by atoms with Crippen LogP contribution in [0.1, 0.15) is 48.8 Å². The third kappa shape index (κ3) is 2.39. The van der Waals surface area contributed by atoms with Crippen molar-refractivity contribution in [3.63, 3.8) is 0 Å². The molecule has 1 aromatic carbocycles. The Balaban J connectivity index is 1.81. The lowest BCUT2D eigenvalue weighted by Crippen LogP contribution is -2.36. The SMILES string of the molecule is N#CC1(C(O)c2ccc(C3CC3)cc2)CCCOC1. The molecular weight excluding hydrogens is 238 g/mol. The summed E-state index contributed by atoms with van der Waals surface area (Å²) in [6, 6.07) is 10.4. The zero-order valence-corrected chi connectivity index (χ0v) is 11.0. The summed E-state index contributed by atoms with van der Waals surface area (Å²) < 4.78 is 5.41. The van der Waals surface area contributed by atoms with Crippen LogP contribution in [-0.2, 0) is 4.74 Å². The van der Waals surface area contributed by atoms with Gasteiger partial charge in [-0.1, -0.05) is 24.3 Å². The second-order valence-electron chi connectivity index (χ2n) is 5.77. The molecule has 0 radical (unpaired) electrons. The van der Waals surface area contributed by atoms with Crippen molar-refractivity contribution in [2.45, 2.75) is 37.7 Å². The van der Waals surface area contributed by atoms with Crippen molar-refractivity contribution in [1.29, 1.82) is 5.26 Å². The number of nitriles is 1. The Labute approximate surface area is 113 Å². The standard InChI is InChI=1S/C16H19NO2/c17-10-16(8-1-9-19-11-16)15(18)14-6-4-13(5-7-14)12-2-3-12/h4-7,12,15,18H,1-3,8-9,11H2. The van der Waals surface area contributed by atoms with E-state index in [0.29, 0.717) is 25.6 Å². The molecule has 1 heterocycles. The zero-order valence-electron chi connectivity index (χ0n) is 11.0. The first kappa shape index (κ1) is 12.7. The van der Waals surface area contributed by atoms with Gasteiger partial charge in [0.05, 0.1) is 18.8 Å². The van der Waals surface area contributed by atoms with Gasteiger partial charge in [0.25, 0.3) is 0 Å². The molecule has 1 saturated heterocycles. The first-order valence-electron chi connectivity index (χ1n) is 7.02. The van der Waals surface area contributed by atoms with Gasteiger partial charge >= 0.3 is 0 Å². The number of hydrogen-bond acceptors (Lipinski definition) is 3. The molecule has 2 fully saturated rings. The third-order valence-electron chi connectivity index (χ3n) is 4.32. The van der Waals surface area contributed by atoms with Crippen LogP contribution in [0.4, 0.5) is 0 Å². The first-order chi connectivity index (χ1) is 9.25. The Bertz CT molecular complexity index is 478. The molecule has 1 aliphatic heterocycles. The first-order valence-corrected chi connectivity index (χ1v) is 7.02. The van der Waals surface area contributed by atoms with Crippen molar-refractivity contribution in [3.05, 3.63) is 35.4 Å². The fourth-order valence-corrected chi connectivity index (χ4v) is 2.87. The lowest BCUT2D eigenvalue weighted by atomic mass is 9.76. The van der Waals surface area contributed by atoms with Gasteiger partial charge in [0.2, 0.25) is 0 Å². The molecule has 2 atom stereocenters. The van der Waals surface area contributed by atoms with Crippen LogP contribution in [0.25, 0.3) is 0 Å². The van der Waals surface area contributed by atoms with Crippen LogP contribution in [0, 0.1) is 16.7 Å². The lowest BCUT2D eigenvalue weighted by molar-refractivity contribution is -0.0505. The van der Waals surface area contributed by atoms with Gasteiger partial charge in [-0.25, -0.2) is 0 Å². The number of benzene rings is 1. The van der Waals surface area contributed by atoms with E-state index in [1.807, 2.05) is 12.1 Å². The van der Waals surface area contributed by atoms with Gasteiger partial charge in [-0.15, -0.1) is 0 Å². The molecule has 19 heavy (non-hydrogen) atoms. The molecule has 2 unspecified atom stereocenters. The Hall–Kier alpha value is -1.37. The van der Waals surface area contributed by atoms with E-state index in [4.69, 9.17) is 4.74 Å². The highest BCUT2D eigenvalue weighted by Gasteiger charge is 2.41. The van der Waals surface area contributed by atoms with Crippen LogP contribution >= 0.6 is 0 Å². The van der Waals surface area contributed by atoms with Crippen molar-refractivity contribution in [3.8, 4) is 6.07 Å². The van der Waals surface area contributed by atoms with Gasteiger partial charge in [-0.2, -0.15) is 5.26 Å². The molecule has 1 N–H and O–H groups in total. The molecule has 2 aliphatic rings. The van der Waals surface area contributed by atoms with Gasteiger partial charge in [-0.05, 0) is 42.7 Å². The number of ether oxygens (including phenoxy) is 1. The van der Waals surface area contributed by atoms with Crippen molar-refractivity contribution >= 4 is 0 Å². The smallest absolute Gasteiger partial charge is 0.111 e. The molecule has 100 valence electrons. The molecule has 3 heteroatoms. The normalized spacial score (nSPS) is 28.6. The maximum absolute atomic E-state index is 10.5. The van der Waals surface area contributed by atoms with E-state index in [1.165, 1.54) is 18.4 Å². The van der Waals surface area contributed by atoms with E-state index in [2.05, 4.69) is 18.2 Å². The Morgan fingerprint density at radius 2 is 2.05 bits per heavy atom. The Kier molecular flexibility index (Phi) is 3.30. The summed E-state index contributed by atoms with van der Waals surface area (Å²) in [6.45, 7) is 1.02. The molecule has 1 aromatic rings. The predicted octanol–water partition coefficient (Wildman–Crippen LogP) is 2.92. The number of rotatable bonds is 3. The van der Waals surface area contributed by atoms with Crippen LogP contribution in [0.15, 0.2) is 24.3 Å². The predicted molar refractivity (Wildman–Crippen MR) is 71.5 cm³/mol. The van der Waals surface area contributed by atoms with E-state index in [-0.39, 0.29) is 0 Å². The monoisotopic (exact) mass is 257 g/mol. The second kappa shape index (κ2) is 4.96. The lowest BCUT2D eigenvalue weighted by Gasteiger charge is -2.35. The summed E-state index contributed by atoms with van der Waals surface area (Å²) in [5, 5.41) is 20.0. The van der Waals surface area contributed by atoms with Gasteiger partial charge in [0.15, 0.2) is 0 Å². The maximum Gasteiger partial charge on any atom is 0.111 e. The number of hydrogen-bond donors (Lipinski definition) is 1. The molecule has 0 aromatic heterocycles. The van der Waals surface area contributed by atoms with Gasteiger partial charge in [0, 0.05) is 6.61 Å². The number of aliphatic hydroxyl groups is 1. The highest BCUT2D eigenvalue weighted by atomic mass is 16.5. The minimum Gasteiger partial charge on any atom is -0.387 e. The minimum atomic E-state index is -0.778. The van der Waals surface area contributed by atoms with Crippen LogP contribution in [0.3, 0.4) is 0 Å². The molecule has 1 saturated carbocycles. The highest BCUT2D eigenvalue weighted by molar-refractivity contribution is 5.31. The minimum absolute atomic E-state index is 0.328. The maximum atomic E-state index is 10.5. The summed E-state index contributed by atoms with van der Waals surface area (Å²) >= 11 is 0. The molecule has 3 nitrogen and oxygen atoms in total. The number of aliphatic hydroxyl groups excluding tert-OH is 1. The van der Waals surface area contributed by atoms with Gasteiger partial charge in [0.1, 0.15) is 5.41 Å². The average Bonchev–Trinajstić information content (AvgIpc) is 3.32. The molecule has 0 spiro atoms. The van der Waals surface area contributed by atoms with Crippen LogP contribution in [-0.4, -0.2) is 18.3 Å². The summed E-state index contributed by atoms with van der Waals surface area (Å²) in [5.41, 5.74) is 1.40. The van der Waals surface area contributed by atoms with Crippen LogP contribution in [0.5, 0.6) is 0 Å². The second-order valence-corrected chi connectivity index (χ2v) is 5.77. The summed E-state index contributed by atoms with van der Waals surface area (Å²) in [5.74, 6) is 0.717. The summed E-state index contributed by atoms with van der Waals surface area (Å²) in [7, 11) is 0. The largest absolute Gasteiger partial charge is 0.387 e. The highest BCUT2D eigenvalue weighted by Crippen LogP contribution is 2.43. The summed E-state index contributed by atoms with van der Waals surface area (Å²) in [4.78, 5) is 0. The fraction of sp³-hybridized carbons (Fsp3) is 0.562. The van der Waals surface area contributed by atoms with Crippen molar-refractivity contribution in [2.75, 3.05) is 13.2 Å². The molecule has 0 amide bonds. The molecule has 0 bridgehead atoms. The van der Waals surface area contributed by atoms with E-state index in [1.54, 1.807) is 0 Å². The van der Waals surface area contributed by atoms with E-state index in [9.17, 15) is 10.4 Å². The van der Waals surface area contributed by atoms with Crippen LogP contribution < -0.4 is 0 Å². The topological polar surface area (TPSA) is 53.2 Å².